The molecule has 1 aliphatic carbocycles. The zero-order valence-corrected chi connectivity index (χ0v) is 25.5. The number of anilines is 2. The summed E-state index contributed by atoms with van der Waals surface area (Å²) in [7, 11) is 0. The predicted octanol–water partition coefficient (Wildman–Crippen LogP) is 4.23. The third-order valence-corrected chi connectivity index (χ3v) is 8.01. The van der Waals surface area contributed by atoms with Crippen LogP contribution in [0.25, 0.3) is 11.8 Å². The third kappa shape index (κ3) is 5.23. The molecule has 0 radical (unpaired) electrons. The Morgan fingerprint density at radius 1 is 1.09 bits per heavy atom. The largest absolute Gasteiger partial charge is 0.355 e. The summed E-state index contributed by atoms with van der Waals surface area (Å²) in [5.41, 5.74) is 1.53. The van der Waals surface area contributed by atoms with E-state index in [0.29, 0.717) is 48.1 Å². The fraction of sp³-hybridized carbons (Fsp3) is 0.355. The van der Waals surface area contributed by atoms with Gasteiger partial charge < -0.3 is 9.80 Å². The van der Waals surface area contributed by atoms with Crippen molar-refractivity contribution in [2.45, 2.75) is 52.5 Å². The van der Waals surface area contributed by atoms with Crippen LogP contribution in [0.5, 0.6) is 0 Å². The highest BCUT2D eigenvalue weighted by molar-refractivity contribution is 6.35. The number of nitrogens with zero attached hydrogens (tertiary/aromatic N) is 7. The number of amides is 1. The lowest BCUT2D eigenvalue weighted by atomic mass is 9.99. The molecular weight excluding hydrogens is 570 g/mol. The van der Waals surface area contributed by atoms with Crippen molar-refractivity contribution in [1.82, 2.24) is 24.4 Å². The van der Waals surface area contributed by atoms with Crippen LogP contribution < -0.4 is 15.7 Å². The second kappa shape index (κ2) is 11.7. The van der Waals surface area contributed by atoms with Crippen LogP contribution in [0.15, 0.2) is 64.4 Å². The van der Waals surface area contributed by atoms with E-state index in [1.54, 1.807) is 29.2 Å². The fourth-order valence-corrected chi connectivity index (χ4v) is 5.95. The summed E-state index contributed by atoms with van der Waals surface area (Å²) in [6, 6.07) is -0.228. The first-order valence-corrected chi connectivity index (χ1v) is 14.5. The molecule has 0 unspecified atom stereocenters. The molecule has 0 bridgehead atoms. The number of allylic oxidation sites excluding steroid dienone is 6. The Kier molecular flexibility index (Phi) is 8.22. The molecule has 4 heterocycles. The summed E-state index contributed by atoms with van der Waals surface area (Å²) in [6.07, 6.45) is 10.6. The van der Waals surface area contributed by atoms with Gasteiger partial charge in [-0.15, -0.1) is 0 Å². The van der Waals surface area contributed by atoms with Crippen molar-refractivity contribution >= 4 is 41.0 Å². The predicted molar refractivity (Wildman–Crippen MR) is 166 cm³/mol. The third-order valence-electron chi connectivity index (χ3n) is 7.72. The van der Waals surface area contributed by atoms with E-state index < -0.39 is 5.69 Å². The van der Waals surface area contributed by atoms with Gasteiger partial charge in [0.1, 0.15) is 17.8 Å². The maximum atomic E-state index is 14.2. The number of carbonyl (C=O) groups is 2. The van der Waals surface area contributed by atoms with E-state index in [0.717, 1.165) is 5.06 Å². The number of carbonyl (C=O) groups excluding carboxylic acids is 2. The van der Waals surface area contributed by atoms with E-state index in [1.807, 2.05) is 39.5 Å². The van der Waals surface area contributed by atoms with Crippen molar-refractivity contribution < 1.29 is 14.8 Å². The van der Waals surface area contributed by atoms with Crippen LogP contribution in [-0.4, -0.2) is 67.0 Å². The average Bonchev–Trinajstić information content (AvgIpc) is 2.97. The molecule has 1 N–H and O–H groups in total. The Labute approximate surface area is 254 Å². The fourth-order valence-electron chi connectivity index (χ4n) is 5.66. The SMILES string of the molecule is C=CC(=O)N1CCN(c2nc(=O)n(-c3c(C(C)C)ncnc3C(C)C)c3c2C=C(Cl)C(=C2C=CC=CC2=O)N3O)[C@@H](C)C1. The summed E-state index contributed by atoms with van der Waals surface area (Å²) < 4.78 is 1.32. The van der Waals surface area contributed by atoms with E-state index in [4.69, 9.17) is 11.6 Å². The van der Waals surface area contributed by atoms with E-state index in [1.165, 1.54) is 23.0 Å². The van der Waals surface area contributed by atoms with Crippen molar-refractivity contribution in [3.8, 4) is 5.69 Å². The summed E-state index contributed by atoms with van der Waals surface area (Å²) in [5.74, 6) is -0.366. The molecule has 1 fully saturated rings. The first kappa shape index (κ1) is 30.1. The standard InChI is InChI=1S/C31H34ClN7O4/c1-7-24(41)36-12-13-37(19(6)15-36)29-21-14-22(32)27(20-10-8-9-11-23(20)40)39(43)30(21)38(31(42)35-29)28-25(17(2)3)33-16-34-26(28)18(4)5/h7-11,14,16-19,43H,1,12-13,15H2,2-6H3/t19-/m0/s1. The number of halogens is 1. The number of piperazine rings is 1. The molecule has 0 saturated carbocycles. The maximum absolute atomic E-state index is 14.2. The van der Waals surface area contributed by atoms with Gasteiger partial charge in [0.25, 0.3) is 0 Å². The number of fused-ring (bicyclic) bond motifs is 1. The van der Waals surface area contributed by atoms with E-state index in [2.05, 4.69) is 21.5 Å². The molecule has 1 saturated heterocycles. The van der Waals surface area contributed by atoms with E-state index >= 15 is 0 Å². The zero-order valence-electron chi connectivity index (χ0n) is 24.8. The van der Waals surface area contributed by atoms with E-state index in [9.17, 15) is 19.6 Å². The van der Waals surface area contributed by atoms with Gasteiger partial charge in [-0.1, -0.05) is 58.0 Å². The van der Waals surface area contributed by atoms with Crippen LogP contribution in [0.2, 0.25) is 0 Å². The summed E-state index contributed by atoms with van der Waals surface area (Å²) in [4.78, 5) is 56.6. The molecule has 1 atom stereocenters. The number of rotatable bonds is 5. The Bertz CT molecular complexity index is 1680. The Hall–Kier alpha value is -4.35. The second-order valence-electron chi connectivity index (χ2n) is 11.3. The molecule has 1 amide bonds. The lowest BCUT2D eigenvalue weighted by Crippen LogP contribution is -2.54. The van der Waals surface area contributed by atoms with Gasteiger partial charge in [0.2, 0.25) is 5.91 Å². The molecule has 224 valence electrons. The van der Waals surface area contributed by atoms with Crippen LogP contribution in [0.3, 0.4) is 0 Å². The van der Waals surface area contributed by atoms with Crippen LogP contribution in [0.4, 0.5) is 11.6 Å². The van der Waals surface area contributed by atoms with Gasteiger partial charge in [0.05, 0.1) is 27.7 Å². The normalized spacial score (nSPS) is 20.2. The van der Waals surface area contributed by atoms with Gasteiger partial charge in [-0.2, -0.15) is 4.98 Å². The summed E-state index contributed by atoms with van der Waals surface area (Å²) in [6.45, 7) is 14.5. The first-order chi connectivity index (χ1) is 20.5. The molecule has 0 spiro atoms. The molecule has 11 nitrogen and oxygen atoms in total. The summed E-state index contributed by atoms with van der Waals surface area (Å²) in [5, 5.41) is 12.8. The molecule has 2 aromatic rings. The topological polar surface area (TPSA) is 125 Å². The van der Waals surface area contributed by atoms with Gasteiger partial charge in [0, 0.05) is 31.2 Å². The van der Waals surface area contributed by atoms with Crippen LogP contribution in [0.1, 0.15) is 63.4 Å². The minimum absolute atomic E-state index is 0.0357. The smallest absolute Gasteiger partial charge is 0.350 e. The Morgan fingerprint density at radius 3 is 2.33 bits per heavy atom. The van der Waals surface area contributed by atoms with Crippen molar-refractivity contribution in [2.75, 3.05) is 29.6 Å². The molecule has 0 aromatic carbocycles. The molecule has 12 heteroatoms. The van der Waals surface area contributed by atoms with Gasteiger partial charge >= 0.3 is 5.69 Å². The minimum Gasteiger partial charge on any atom is -0.350 e. The van der Waals surface area contributed by atoms with Crippen LogP contribution >= 0.6 is 11.6 Å². The lowest BCUT2D eigenvalue weighted by Gasteiger charge is -2.41. The van der Waals surface area contributed by atoms with Gasteiger partial charge in [0.15, 0.2) is 11.6 Å². The Balaban J connectivity index is 1.83. The molecule has 3 aliphatic rings. The number of hydroxylamine groups is 1. The number of ketones is 1. The highest BCUT2D eigenvalue weighted by atomic mass is 35.5. The van der Waals surface area contributed by atoms with Crippen molar-refractivity contribution in [3.05, 3.63) is 87.0 Å². The number of aromatic nitrogens is 4. The average molecular weight is 604 g/mol. The minimum atomic E-state index is -0.663. The van der Waals surface area contributed by atoms with Crippen molar-refractivity contribution in [2.24, 2.45) is 0 Å². The monoisotopic (exact) mass is 603 g/mol. The van der Waals surface area contributed by atoms with E-state index in [-0.39, 0.29) is 51.7 Å². The molecule has 2 aliphatic heterocycles. The van der Waals surface area contributed by atoms with Gasteiger partial charge in [-0.3, -0.25) is 14.8 Å². The highest BCUT2D eigenvalue weighted by Crippen LogP contribution is 2.43. The lowest BCUT2D eigenvalue weighted by molar-refractivity contribution is -0.126. The quantitative estimate of drug-likeness (QED) is 0.500. The highest BCUT2D eigenvalue weighted by Gasteiger charge is 2.37. The zero-order chi connectivity index (χ0) is 31.2. The number of hydrogen-bond acceptors (Lipinski definition) is 9. The molecular formula is C31H34ClN7O4. The molecule has 43 heavy (non-hydrogen) atoms. The van der Waals surface area contributed by atoms with Gasteiger partial charge in [-0.05, 0) is 43.1 Å². The summed E-state index contributed by atoms with van der Waals surface area (Å²) >= 11 is 6.81. The van der Waals surface area contributed by atoms with Crippen molar-refractivity contribution in [1.29, 1.82) is 0 Å². The van der Waals surface area contributed by atoms with Gasteiger partial charge in [-0.25, -0.2) is 24.4 Å². The second-order valence-corrected chi connectivity index (χ2v) is 11.7. The van der Waals surface area contributed by atoms with Crippen molar-refractivity contribution in [3.63, 3.8) is 0 Å². The Morgan fingerprint density at radius 2 is 1.74 bits per heavy atom. The number of hydrogen-bond donors (Lipinski definition) is 1. The van der Waals surface area contributed by atoms with Crippen LogP contribution in [-0.2, 0) is 9.59 Å². The molecule has 5 rings (SSSR count). The molecule has 2 aromatic heterocycles. The maximum Gasteiger partial charge on any atom is 0.355 e. The first-order valence-electron chi connectivity index (χ1n) is 14.2. The van der Waals surface area contributed by atoms with Crippen LogP contribution in [0, 0.1) is 0 Å².